The molecule has 3 rings (SSSR count). The molecule has 42 heavy (non-hydrogen) atoms. The number of halogens is 4. The van der Waals surface area contributed by atoms with Gasteiger partial charge in [-0.05, 0) is 61.2 Å². The summed E-state index contributed by atoms with van der Waals surface area (Å²) in [6, 6.07) is 14.5. The van der Waals surface area contributed by atoms with Gasteiger partial charge in [0.2, 0.25) is 0 Å². The van der Waals surface area contributed by atoms with Crippen molar-refractivity contribution in [3.05, 3.63) is 85.3 Å². The molecule has 0 aliphatic heterocycles. The van der Waals surface area contributed by atoms with Gasteiger partial charge in [0.25, 0.3) is 0 Å². The zero-order chi connectivity index (χ0) is 30.6. The van der Waals surface area contributed by atoms with Gasteiger partial charge in [-0.3, -0.25) is 0 Å². The van der Waals surface area contributed by atoms with Crippen molar-refractivity contribution in [2.45, 2.75) is 32.6 Å². The maximum atomic E-state index is 12.8. The van der Waals surface area contributed by atoms with Gasteiger partial charge in [-0.25, -0.2) is 9.59 Å². The number of ether oxygens (including phenoxy) is 4. The van der Waals surface area contributed by atoms with Crippen molar-refractivity contribution < 1.29 is 28.5 Å². The summed E-state index contributed by atoms with van der Waals surface area (Å²) < 4.78 is 21.5. The maximum Gasteiger partial charge on any atom is 0.343 e. The van der Waals surface area contributed by atoms with E-state index >= 15 is 0 Å². The lowest BCUT2D eigenvalue weighted by molar-refractivity contribution is 0.0494. The van der Waals surface area contributed by atoms with Crippen LogP contribution >= 0.6 is 46.4 Å². The third kappa shape index (κ3) is 8.83. The van der Waals surface area contributed by atoms with Crippen LogP contribution in [-0.4, -0.2) is 52.5 Å². The second kappa shape index (κ2) is 16.7. The van der Waals surface area contributed by atoms with Crippen molar-refractivity contribution in [3.8, 4) is 11.5 Å². The minimum atomic E-state index is -0.613. The van der Waals surface area contributed by atoms with E-state index in [4.69, 9.17) is 65.4 Å². The van der Waals surface area contributed by atoms with E-state index in [1.165, 1.54) is 31.9 Å². The van der Waals surface area contributed by atoms with E-state index in [1.807, 2.05) is 12.1 Å². The second-order valence-corrected chi connectivity index (χ2v) is 10.9. The van der Waals surface area contributed by atoms with Crippen LogP contribution in [0.3, 0.4) is 0 Å². The standard InChI is InChI=1S/C31H33Cl4NO6/c1-4-8-20-9-5-10-21(19-20)36(15-6-17-41-30(37)26-22(32)11-13-24(34)28(26)39-2)16-7-18-42-31(38)27-23(33)12-14-25(35)29(27)40-3/h5,9-14,19H,4,6-8,15-18H2,1-3H3. The van der Waals surface area contributed by atoms with Gasteiger partial charge in [-0.15, -0.1) is 0 Å². The lowest BCUT2D eigenvalue weighted by atomic mass is 10.1. The number of rotatable bonds is 15. The molecule has 0 saturated carbocycles. The van der Waals surface area contributed by atoms with Crippen molar-refractivity contribution in [1.29, 1.82) is 0 Å². The number of hydrogen-bond acceptors (Lipinski definition) is 7. The molecule has 7 nitrogen and oxygen atoms in total. The molecule has 3 aromatic rings. The summed E-state index contributed by atoms with van der Waals surface area (Å²) in [5.74, 6) is -0.875. The average molecular weight is 657 g/mol. The van der Waals surface area contributed by atoms with Crippen LogP contribution < -0.4 is 14.4 Å². The Morgan fingerprint density at radius 3 is 1.64 bits per heavy atom. The highest BCUT2D eigenvalue weighted by molar-refractivity contribution is 6.37. The summed E-state index contributed by atoms with van der Waals surface area (Å²) in [6.45, 7) is 3.61. The van der Waals surface area contributed by atoms with Gasteiger partial charge >= 0.3 is 11.9 Å². The molecule has 0 bridgehead atoms. The van der Waals surface area contributed by atoms with Gasteiger partial charge in [0.1, 0.15) is 11.1 Å². The van der Waals surface area contributed by atoms with Gasteiger partial charge in [0.05, 0.1) is 47.5 Å². The number of nitrogens with zero attached hydrogens (tertiary/aromatic N) is 1. The quantitative estimate of drug-likeness (QED) is 0.120. The number of methoxy groups -OCH3 is 2. The number of esters is 2. The monoisotopic (exact) mass is 655 g/mol. The zero-order valence-electron chi connectivity index (χ0n) is 23.7. The van der Waals surface area contributed by atoms with Crippen molar-refractivity contribution in [3.63, 3.8) is 0 Å². The molecule has 0 heterocycles. The van der Waals surface area contributed by atoms with Crippen LogP contribution in [-0.2, 0) is 15.9 Å². The predicted octanol–water partition coefficient (Wildman–Crippen LogP) is 8.57. The van der Waals surface area contributed by atoms with E-state index in [0.29, 0.717) is 25.9 Å². The number of aryl methyl sites for hydroxylation is 1. The first-order valence-corrected chi connectivity index (χ1v) is 14.9. The Labute approximate surface area is 266 Å². The first kappa shape index (κ1) is 33.7. The highest BCUT2D eigenvalue weighted by Gasteiger charge is 2.22. The predicted molar refractivity (Wildman–Crippen MR) is 168 cm³/mol. The summed E-state index contributed by atoms with van der Waals surface area (Å²) in [4.78, 5) is 27.7. The molecule has 3 aromatic carbocycles. The van der Waals surface area contributed by atoms with Crippen molar-refractivity contribution in [2.24, 2.45) is 0 Å². The van der Waals surface area contributed by atoms with Crippen LogP contribution in [0.2, 0.25) is 20.1 Å². The molecule has 226 valence electrons. The normalized spacial score (nSPS) is 10.7. The largest absolute Gasteiger partial charge is 0.494 e. The van der Waals surface area contributed by atoms with Crippen LogP contribution in [0.5, 0.6) is 11.5 Å². The summed E-state index contributed by atoms with van der Waals surface area (Å²) in [7, 11) is 2.83. The van der Waals surface area contributed by atoms with Gasteiger partial charge < -0.3 is 23.8 Å². The highest BCUT2D eigenvalue weighted by Crippen LogP contribution is 2.35. The maximum absolute atomic E-state index is 12.8. The van der Waals surface area contributed by atoms with Crippen LogP contribution in [0.25, 0.3) is 0 Å². The Kier molecular flexibility index (Phi) is 13.4. The van der Waals surface area contributed by atoms with Crippen LogP contribution in [0.15, 0.2) is 48.5 Å². The third-order valence-electron chi connectivity index (χ3n) is 6.36. The van der Waals surface area contributed by atoms with Crippen molar-refractivity contribution in [2.75, 3.05) is 45.4 Å². The van der Waals surface area contributed by atoms with Crippen LogP contribution in [0, 0.1) is 0 Å². The summed E-state index contributed by atoms with van der Waals surface area (Å²) in [5, 5.41) is 0.927. The Morgan fingerprint density at radius 1 is 0.714 bits per heavy atom. The van der Waals surface area contributed by atoms with Gasteiger partial charge in [0.15, 0.2) is 11.5 Å². The first-order chi connectivity index (χ1) is 20.2. The molecule has 0 unspecified atom stereocenters. The third-order valence-corrected chi connectivity index (χ3v) is 7.58. The molecule has 0 aromatic heterocycles. The summed E-state index contributed by atoms with van der Waals surface area (Å²) >= 11 is 24.7. The molecule has 0 aliphatic rings. The second-order valence-electron chi connectivity index (χ2n) is 9.26. The fraction of sp³-hybridized carbons (Fsp3) is 0.355. The van der Waals surface area contributed by atoms with Gasteiger partial charge in [0, 0.05) is 18.8 Å². The van der Waals surface area contributed by atoms with Crippen molar-refractivity contribution in [1.82, 2.24) is 0 Å². The number of carbonyl (C=O) groups excluding carboxylic acids is 2. The van der Waals surface area contributed by atoms with E-state index in [-0.39, 0.29) is 55.9 Å². The molecule has 0 atom stereocenters. The lowest BCUT2D eigenvalue weighted by Crippen LogP contribution is -2.28. The lowest BCUT2D eigenvalue weighted by Gasteiger charge is -2.25. The first-order valence-electron chi connectivity index (χ1n) is 13.4. The minimum absolute atomic E-state index is 0.0917. The van der Waals surface area contributed by atoms with Crippen molar-refractivity contribution >= 4 is 64.0 Å². The molecule has 11 heteroatoms. The fourth-order valence-corrected chi connectivity index (χ4v) is 5.32. The molecule has 0 N–H and O–H groups in total. The molecule has 0 saturated heterocycles. The van der Waals surface area contributed by atoms with Crippen LogP contribution in [0.1, 0.15) is 52.5 Å². The SMILES string of the molecule is CCCc1cccc(N(CCCOC(=O)c2c(Cl)ccc(Cl)c2OC)CCCOC(=O)c2c(Cl)ccc(Cl)c2OC)c1. The fourth-order valence-electron chi connectivity index (χ4n) is 4.40. The van der Waals surface area contributed by atoms with E-state index in [0.717, 1.165) is 18.5 Å². The van der Waals surface area contributed by atoms with E-state index in [1.54, 1.807) is 12.1 Å². The van der Waals surface area contributed by atoms with E-state index in [2.05, 4.69) is 24.0 Å². The smallest absolute Gasteiger partial charge is 0.343 e. The molecular formula is C31H33Cl4NO6. The molecule has 0 aliphatic carbocycles. The topological polar surface area (TPSA) is 74.3 Å². The Balaban J connectivity index is 1.63. The highest BCUT2D eigenvalue weighted by atomic mass is 35.5. The molecule has 0 spiro atoms. The number of anilines is 1. The Morgan fingerprint density at radius 2 is 1.19 bits per heavy atom. The van der Waals surface area contributed by atoms with Gasteiger partial charge in [-0.2, -0.15) is 0 Å². The molecule has 0 fully saturated rings. The summed E-state index contributed by atoms with van der Waals surface area (Å²) in [6.07, 6.45) is 3.07. The average Bonchev–Trinajstić information content (AvgIpc) is 2.98. The molecule has 0 amide bonds. The Hall–Kier alpha value is -2.84. The molecule has 0 radical (unpaired) electrons. The molecular weight excluding hydrogens is 624 g/mol. The minimum Gasteiger partial charge on any atom is -0.494 e. The number of benzene rings is 3. The van der Waals surface area contributed by atoms with E-state index < -0.39 is 11.9 Å². The Bertz CT molecular complexity index is 1300. The number of carbonyl (C=O) groups is 2. The van der Waals surface area contributed by atoms with E-state index in [9.17, 15) is 9.59 Å². The summed E-state index contributed by atoms with van der Waals surface area (Å²) in [5.41, 5.74) is 2.43. The number of hydrogen-bond donors (Lipinski definition) is 0. The zero-order valence-corrected chi connectivity index (χ0v) is 26.7. The van der Waals surface area contributed by atoms with Crippen LogP contribution in [0.4, 0.5) is 5.69 Å². The van der Waals surface area contributed by atoms with Gasteiger partial charge in [-0.1, -0.05) is 71.9 Å².